The molecule has 0 spiro atoms. The molecule has 0 atom stereocenters. The Morgan fingerprint density at radius 3 is 2.00 bits per heavy atom. The molecule has 0 aromatic heterocycles. The molecule has 0 N–H and O–H groups in total. The fourth-order valence-corrected chi connectivity index (χ4v) is 5.13. The number of para-hydroxylation sites is 1. The number of carbonyl (C=O) groups is 1. The fourth-order valence-electron chi connectivity index (χ4n) is 2.12. The number of aryl methyl sites for hydroxylation is 2. The Bertz CT molecular complexity index is 707. The summed E-state index contributed by atoms with van der Waals surface area (Å²) in [5, 5.41) is 0. The molecule has 23 heavy (non-hydrogen) atoms. The van der Waals surface area contributed by atoms with Crippen molar-refractivity contribution in [3.8, 4) is 0 Å². The molecule has 0 aliphatic heterocycles. The van der Waals surface area contributed by atoms with Gasteiger partial charge < -0.3 is 0 Å². The average molecular weight is 421 g/mol. The summed E-state index contributed by atoms with van der Waals surface area (Å²) in [5.74, 6) is 0.159. The summed E-state index contributed by atoms with van der Waals surface area (Å²) in [6.07, 6.45) is 0. The van der Waals surface area contributed by atoms with Crippen molar-refractivity contribution in [3.05, 3.63) is 59.7 Å². The minimum atomic E-state index is -0.807. The molecule has 0 saturated heterocycles. The second-order valence-electron chi connectivity index (χ2n) is 6.65. The van der Waals surface area contributed by atoms with Crippen LogP contribution in [0.4, 0.5) is 5.69 Å². The summed E-state index contributed by atoms with van der Waals surface area (Å²) < 4.78 is 1.99. The standard InChI is InChI=1S/C20H23NOTe/c1-14-10-9-11-15(2)17(14)21-19(18(22)20(3,4)5)23-16-12-7-6-8-13-16/h6-13H,1-5H3. The second-order valence-corrected chi connectivity index (χ2v) is 9.68. The number of hydrogen-bond acceptors (Lipinski definition) is 2. The first kappa shape index (κ1) is 17.9. The van der Waals surface area contributed by atoms with Gasteiger partial charge in [-0.2, -0.15) is 0 Å². The molecule has 0 heterocycles. The summed E-state index contributed by atoms with van der Waals surface area (Å²) in [6, 6.07) is 16.4. The first-order chi connectivity index (χ1) is 10.8. The molecule has 0 aliphatic rings. The van der Waals surface area contributed by atoms with Crippen LogP contribution in [0.1, 0.15) is 31.9 Å². The zero-order valence-corrected chi connectivity index (χ0v) is 16.7. The molecule has 0 aliphatic carbocycles. The van der Waals surface area contributed by atoms with Gasteiger partial charge in [-0.3, -0.25) is 0 Å². The van der Waals surface area contributed by atoms with Crippen molar-refractivity contribution in [1.29, 1.82) is 0 Å². The van der Waals surface area contributed by atoms with E-state index in [9.17, 15) is 4.79 Å². The van der Waals surface area contributed by atoms with Crippen molar-refractivity contribution >= 4 is 39.8 Å². The van der Waals surface area contributed by atoms with E-state index >= 15 is 0 Å². The maximum absolute atomic E-state index is 12.9. The number of aliphatic imine (C=N–C) groups is 1. The SMILES string of the molecule is Cc1cccc(C)c1N=C([Te]c1ccccc1)C(=O)C(C)(C)C. The van der Waals surface area contributed by atoms with Crippen molar-refractivity contribution in [1.82, 2.24) is 0 Å². The average Bonchev–Trinajstić information content (AvgIpc) is 2.49. The van der Waals surface area contributed by atoms with Crippen LogP contribution in [0.2, 0.25) is 0 Å². The van der Waals surface area contributed by atoms with Crippen LogP contribution in [0.3, 0.4) is 0 Å². The van der Waals surface area contributed by atoms with Crippen LogP contribution in [0.5, 0.6) is 0 Å². The third kappa shape index (κ3) is 4.77. The zero-order chi connectivity index (χ0) is 17.0. The van der Waals surface area contributed by atoms with Crippen LogP contribution in [-0.2, 0) is 4.79 Å². The van der Waals surface area contributed by atoms with Gasteiger partial charge in [-0.15, -0.1) is 0 Å². The van der Waals surface area contributed by atoms with Gasteiger partial charge in [0.05, 0.1) is 0 Å². The number of rotatable bonds is 4. The van der Waals surface area contributed by atoms with Crippen LogP contribution in [0, 0.1) is 19.3 Å². The number of nitrogens with zero attached hydrogens (tertiary/aromatic N) is 1. The summed E-state index contributed by atoms with van der Waals surface area (Å²) in [5.41, 5.74) is 2.77. The molecule has 0 fully saturated rings. The van der Waals surface area contributed by atoms with Crippen molar-refractivity contribution in [2.75, 3.05) is 0 Å². The van der Waals surface area contributed by atoms with E-state index in [4.69, 9.17) is 4.99 Å². The van der Waals surface area contributed by atoms with E-state index in [0.717, 1.165) is 20.6 Å². The Morgan fingerprint density at radius 2 is 1.48 bits per heavy atom. The van der Waals surface area contributed by atoms with Crippen LogP contribution in [0.25, 0.3) is 0 Å². The van der Waals surface area contributed by atoms with E-state index in [0.29, 0.717) is 0 Å². The molecule has 0 radical (unpaired) electrons. The van der Waals surface area contributed by atoms with Gasteiger partial charge in [-0.1, -0.05) is 0 Å². The Kier molecular flexibility index (Phi) is 5.78. The molecule has 0 saturated carbocycles. The summed E-state index contributed by atoms with van der Waals surface area (Å²) in [4.78, 5) is 17.7. The molecule has 0 unspecified atom stereocenters. The van der Waals surface area contributed by atoms with Crippen LogP contribution >= 0.6 is 0 Å². The fraction of sp³-hybridized carbons (Fsp3) is 0.300. The quantitative estimate of drug-likeness (QED) is 0.543. The van der Waals surface area contributed by atoms with Gasteiger partial charge in [-0.25, -0.2) is 0 Å². The van der Waals surface area contributed by atoms with Crippen LogP contribution in [0.15, 0.2) is 53.5 Å². The Labute approximate surface area is 149 Å². The third-order valence-corrected chi connectivity index (χ3v) is 6.28. The summed E-state index contributed by atoms with van der Waals surface area (Å²) in [6.45, 7) is 10.00. The molecular weight excluding hydrogens is 398 g/mol. The van der Waals surface area contributed by atoms with Gasteiger partial charge in [0.15, 0.2) is 0 Å². The minimum absolute atomic E-state index is 0.159. The zero-order valence-electron chi connectivity index (χ0n) is 14.4. The maximum atomic E-state index is 12.9. The Morgan fingerprint density at radius 1 is 0.913 bits per heavy atom. The number of ketones is 1. The van der Waals surface area contributed by atoms with Crippen molar-refractivity contribution in [2.24, 2.45) is 10.4 Å². The van der Waals surface area contributed by atoms with Gasteiger partial charge in [0.2, 0.25) is 0 Å². The van der Waals surface area contributed by atoms with Gasteiger partial charge in [0, 0.05) is 0 Å². The van der Waals surface area contributed by atoms with E-state index in [1.165, 1.54) is 3.61 Å². The predicted molar refractivity (Wildman–Crippen MR) is 99.3 cm³/mol. The van der Waals surface area contributed by atoms with E-state index < -0.39 is 26.3 Å². The van der Waals surface area contributed by atoms with E-state index in [1.54, 1.807) is 0 Å². The monoisotopic (exact) mass is 423 g/mol. The van der Waals surface area contributed by atoms with Gasteiger partial charge in [0.1, 0.15) is 0 Å². The molecule has 2 aromatic carbocycles. The number of hydrogen-bond donors (Lipinski definition) is 0. The Balaban J connectivity index is 2.49. The second kappa shape index (κ2) is 7.43. The van der Waals surface area contributed by atoms with E-state index in [-0.39, 0.29) is 5.78 Å². The normalized spacial score (nSPS) is 12.3. The van der Waals surface area contributed by atoms with Gasteiger partial charge in [-0.05, 0) is 0 Å². The van der Waals surface area contributed by atoms with Crippen molar-refractivity contribution < 1.29 is 4.79 Å². The van der Waals surface area contributed by atoms with Crippen LogP contribution < -0.4 is 3.61 Å². The number of benzene rings is 2. The molecule has 0 amide bonds. The van der Waals surface area contributed by atoms with E-state index in [2.05, 4.69) is 12.1 Å². The molecule has 3 heteroatoms. The molecule has 2 rings (SSSR count). The molecule has 0 bridgehead atoms. The first-order valence-electron chi connectivity index (χ1n) is 7.71. The van der Waals surface area contributed by atoms with Crippen molar-refractivity contribution in [2.45, 2.75) is 34.6 Å². The molecular formula is C20H23NOTe. The third-order valence-electron chi connectivity index (χ3n) is 3.49. The topological polar surface area (TPSA) is 29.4 Å². The predicted octanol–water partition coefficient (Wildman–Crippen LogP) is 3.98. The summed E-state index contributed by atoms with van der Waals surface area (Å²) in [7, 11) is 0. The van der Waals surface area contributed by atoms with Gasteiger partial charge in [0.25, 0.3) is 0 Å². The first-order valence-corrected chi connectivity index (χ1v) is 10.0. The molecule has 2 nitrogen and oxygen atoms in total. The van der Waals surface area contributed by atoms with Gasteiger partial charge >= 0.3 is 149 Å². The van der Waals surface area contributed by atoms with E-state index in [1.807, 2.05) is 71.0 Å². The number of carbonyl (C=O) groups excluding carboxylic acids is 1. The summed E-state index contributed by atoms with van der Waals surface area (Å²) >= 11 is -0.807. The van der Waals surface area contributed by atoms with Crippen molar-refractivity contribution in [3.63, 3.8) is 0 Å². The number of Topliss-reactive ketones (excluding diaryl/α,β-unsaturated/α-hetero) is 1. The Hall–Kier alpha value is -1.43. The molecule has 2 aromatic rings. The van der Waals surface area contributed by atoms with Crippen LogP contribution in [-0.4, -0.2) is 30.5 Å². The molecule has 120 valence electrons.